The summed E-state index contributed by atoms with van der Waals surface area (Å²) in [5, 5.41) is 5.49. The van der Waals surface area contributed by atoms with Crippen LogP contribution in [0, 0.1) is 0 Å². The number of carbonyl (C=O) groups excluding carboxylic acids is 2. The number of amides is 2. The smallest absolute Gasteiger partial charge is 0.257 e. The average molecular weight is 349 g/mol. The third-order valence-electron chi connectivity index (χ3n) is 3.24. The van der Waals surface area contributed by atoms with Gasteiger partial charge in [0.15, 0.2) is 0 Å². The van der Waals surface area contributed by atoms with Gasteiger partial charge in [-0.25, -0.2) is 4.98 Å². The summed E-state index contributed by atoms with van der Waals surface area (Å²) in [6, 6.07) is 7.39. The molecular weight excluding hydrogens is 330 g/mol. The van der Waals surface area contributed by atoms with Crippen molar-refractivity contribution in [3.05, 3.63) is 46.3 Å². The van der Waals surface area contributed by atoms with Crippen LogP contribution >= 0.6 is 23.1 Å². The number of thiophene rings is 1. The zero-order valence-corrected chi connectivity index (χ0v) is 14.7. The summed E-state index contributed by atoms with van der Waals surface area (Å²) in [6.45, 7) is 2.86. The summed E-state index contributed by atoms with van der Waals surface area (Å²) in [6.07, 6.45) is 3.54. The van der Waals surface area contributed by atoms with Gasteiger partial charge in [0, 0.05) is 17.6 Å². The number of hydrogen-bond acceptors (Lipinski definition) is 5. The largest absolute Gasteiger partial charge is 0.350 e. The minimum absolute atomic E-state index is 0.0451. The molecule has 0 aromatic carbocycles. The van der Waals surface area contributed by atoms with Crippen molar-refractivity contribution in [1.82, 2.24) is 15.2 Å². The molecule has 0 unspecified atom stereocenters. The van der Waals surface area contributed by atoms with E-state index in [4.69, 9.17) is 0 Å². The van der Waals surface area contributed by atoms with Gasteiger partial charge in [0.05, 0.1) is 18.7 Å². The number of thioether (sulfide) groups is 1. The number of carbonyl (C=O) groups is 2. The Morgan fingerprint density at radius 1 is 1.35 bits per heavy atom. The molecule has 2 rings (SSSR count). The lowest BCUT2D eigenvalue weighted by atomic mass is 10.2. The molecule has 2 heterocycles. The second kappa shape index (κ2) is 8.69. The Morgan fingerprint density at radius 2 is 2.17 bits per heavy atom. The van der Waals surface area contributed by atoms with Crippen molar-refractivity contribution in [3.63, 3.8) is 0 Å². The van der Waals surface area contributed by atoms with E-state index in [0.29, 0.717) is 23.7 Å². The Morgan fingerprint density at radius 3 is 2.83 bits per heavy atom. The first-order chi connectivity index (χ1) is 11.2. The molecule has 1 N–H and O–H groups in total. The number of rotatable bonds is 7. The Hall–Kier alpha value is -1.86. The molecule has 0 aliphatic carbocycles. The van der Waals surface area contributed by atoms with Gasteiger partial charge in [0.1, 0.15) is 5.03 Å². The normalized spacial score (nSPS) is 10.3. The van der Waals surface area contributed by atoms with Crippen molar-refractivity contribution in [1.29, 1.82) is 0 Å². The van der Waals surface area contributed by atoms with Gasteiger partial charge in [-0.05, 0) is 36.8 Å². The predicted octanol–water partition coefficient (Wildman–Crippen LogP) is 2.64. The molecule has 0 spiro atoms. The fourth-order valence-corrected chi connectivity index (χ4v) is 3.23. The van der Waals surface area contributed by atoms with Crippen LogP contribution in [-0.4, -0.2) is 41.0 Å². The van der Waals surface area contributed by atoms with E-state index >= 15 is 0 Å². The first kappa shape index (κ1) is 17.5. The molecule has 0 radical (unpaired) electrons. The van der Waals surface area contributed by atoms with Crippen LogP contribution in [0.4, 0.5) is 0 Å². The van der Waals surface area contributed by atoms with Gasteiger partial charge in [-0.15, -0.1) is 23.1 Å². The molecule has 0 saturated carbocycles. The maximum absolute atomic E-state index is 12.6. The van der Waals surface area contributed by atoms with Crippen molar-refractivity contribution < 1.29 is 9.59 Å². The highest BCUT2D eigenvalue weighted by Crippen LogP contribution is 2.18. The second-order valence-corrected chi connectivity index (χ2v) is 6.56. The lowest BCUT2D eigenvalue weighted by Crippen LogP contribution is -2.40. The molecular formula is C16H19N3O2S2. The molecule has 23 heavy (non-hydrogen) atoms. The Labute approximate surface area is 144 Å². The number of nitrogens with one attached hydrogen (secondary N) is 1. The molecule has 5 nitrogen and oxygen atoms in total. The quantitative estimate of drug-likeness (QED) is 0.781. The van der Waals surface area contributed by atoms with Crippen molar-refractivity contribution in [2.45, 2.75) is 18.5 Å². The fraction of sp³-hybridized carbons (Fsp3) is 0.312. The lowest BCUT2D eigenvalue weighted by Gasteiger charge is -2.21. The molecule has 2 amide bonds. The van der Waals surface area contributed by atoms with E-state index in [1.54, 1.807) is 29.7 Å². The minimum atomic E-state index is -0.170. The number of likely N-dealkylation sites (N-methyl/N-ethyl adjacent to an activating group) is 1. The van der Waals surface area contributed by atoms with Crippen LogP contribution in [-0.2, 0) is 11.3 Å². The van der Waals surface area contributed by atoms with Gasteiger partial charge in [-0.2, -0.15) is 0 Å². The standard InChI is InChI=1S/C16H19N3O2S2/c1-3-19(11-14(20)18-10-12-6-5-9-23-12)16(21)13-7-4-8-17-15(13)22-2/h4-9H,3,10-11H2,1-2H3,(H,18,20). The number of hydrogen-bond donors (Lipinski definition) is 1. The minimum Gasteiger partial charge on any atom is -0.350 e. The topological polar surface area (TPSA) is 62.3 Å². The molecule has 0 saturated heterocycles. The van der Waals surface area contributed by atoms with E-state index in [2.05, 4.69) is 10.3 Å². The summed E-state index contributed by atoms with van der Waals surface area (Å²) < 4.78 is 0. The molecule has 2 aromatic heterocycles. The lowest BCUT2D eigenvalue weighted by molar-refractivity contribution is -0.121. The number of aromatic nitrogens is 1. The van der Waals surface area contributed by atoms with E-state index < -0.39 is 0 Å². The van der Waals surface area contributed by atoms with Gasteiger partial charge in [0.2, 0.25) is 5.91 Å². The Balaban J connectivity index is 1.98. The zero-order chi connectivity index (χ0) is 16.7. The van der Waals surface area contributed by atoms with Crippen molar-refractivity contribution in [2.75, 3.05) is 19.3 Å². The van der Waals surface area contributed by atoms with Gasteiger partial charge in [-0.1, -0.05) is 6.07 Å². The van der Waals surface area contributed by atoms with Crippen LogP contribution in [0.5, 0.6) is 0 Å². The van der Waals surface area contributed by atoms with Crippen LogP contribution < -0.4 is 5.32 Å². The van der Waals surface area contributed by atoms with E-state index in [9.17, 15) is 9.59 Å². The van der Waals surface area contributed by atoms with E-state index in [0.717, 1.165) is 4.88 Å². The predicted molar refractivity (Wildman–Crippen MR) is 93.8 cm³/mol. The van der Waals surface area contributed by atoms with Crippen molar-refractivity contribution >= 4 is 34.9 Å². The molecule has 0 bridgehead atoms. The summed E-state index contributed by atoms with van der Waals surface area (Å²) in [7, 11) is 0. The molecule has 122 valence electrons. The second-order valence-electron chi connectivity index (χ2n) is 4.74. The van der Waals surface area contributed by atoms with Crippen LogP contribution in [0.1, 0.15) is 22.2 Å². The maximum atomic E-state index is 12.6. The van der Waals surface area contributed by atoms with E-state index in [-0.39, 0.29) is 18.4 Å². The number of nitrogens with zero attached hydrogens (tertiary/aromatic N) is 2. The average Bonchev–Trinajstić information content (AvgIpc) is 3.10. The van der Waals surface area contributed by atoms with Crippen LogP contribution in [0.2, 0.25) is 0 Å². The van der Waals surface area contributed by atoms with Gasteiger partial charge in [-0.3, -0.25) is 9.59 Å². The van der Waals surface area contributed by atoms with Gasteiger partial charge >= 0.3 is 0 Å². The fourth-order valence-electron chi connectivity index (χ4n) is 2.04. The highest BCUT2D eigenvalue weighted by molar-refractivity contribution is 7.98. The molecule has 7 heteroatoms. The third kappa shape index (κ3) is 4.80. The van der Waals surface area contributed by atoms with Crippen LogP contribution in [0.25, 0.3) is 0 Å². The zero-order valence-electron chi connectivity index (χ0n) is 13.1. The summed E-state index contributed by atoms with van der Waals surface area (Å²) >= 11 is 3.01. The molecule has 0 fully saturated rings. The molecule has 0 atom stereocenters. The first-order valence-electron chi connectivity index (χ1n) is 7.23. The molecule has 0 aliphatic rings. The Bertz CT molecular complexity index is 659. The number of pyridine rings is 1. The van der Waals surface area contributed by atoms with Crippen LogP contribution in [0.3, 0.4) is 0 Å². The third-order valence-corrected chi connectivity index (χ3v) is 4.83. The Kier molecular flexibility index (Phi) is 6.61. The maximum Gasteiger partial charge on any atom is 0.257 e. The first-order valence-corrected chi connectivity index (χ1v) is 9.33. The highest BCUT2D eigenvalue weighted by atomic mass is 32.2. The van der Waals surface area contributed by atoms with Crippen molar-refractivity contribution in [3.8, 4) is 0 Å². The SMILES string of the molecule is CCN(CC(=O)NCc1cccs1)C(=O)c1cccnc1SC. The van der Waals surface area contributed by atoms with Gasteiger partial charge in [0.25, 0.3) is 5.91 Å². The summed E-state index contributed by atoms with van der Waals surface area (Å²) in [5.74, 6) is -0.334. The monoisotopic (exact) mass is 349 g/mol. The summed E-state index contributed by atoms with van der Waals surface area (Å²) in [5.41, 5.74) is 0.535. The van der Waals surface area contributed by atoms with Crippen molar-refractivity contribution in [2.24, 2.45) is 0 Å². The van der Waals surface area contributed by atoms with Crippen LogP contribution in [0.15, 0.2) is 40.9 Å². The van der Waals surface area contributed by atoms with E-state index in [1.807, 2.05) is 30.7 Å². The van der Waals surface area contributed by atoms with Gasteiger partial charge < -0.3 is 10.2 Å². The van der Waals surface area contributed by atoms with E-state index in [1.165, 1.54) is 16.7 Å². The summed E-state index contributed by atoms with van der Waals surface area (Å²) in [4.78, 5) is 31.5. The highest BCUT2D eigenvalue weighted by Gasteiger charge is 2.20. The molecule has 0 aliphatic heterocycles. The molecule has 2 aromatic rings.